The average Bonchev–Trinajstić information content (AvgIpc) is 4.38. The van der Waals surface area contributed by atoms with Gasteiger partial charge < -0.3 is 50.2 Å². The molecule has 0 aliphatic carbocycles. The van der Waals surface area contributed by atoms with Gasteiger partial charge in [0.2, 0.25) is 17.7 Å². The van der Waals surface area contributed by atoms with Crippen molar-refractivity contribution in [3.05, 3.63) is 113 Å². The van der Waals surface area contributed by atoms with E-state index in [9.17, 15) is 24.6 Å². The standard InChI is InChI=1S/C62H74FN11O6S/c1-6-40-9-7-10-42-27-46(75)28-48(52(40)42)54-53(63)55-49(31-64-54)58(73-32-43-16-17-44(33-73)67-43)70-61(69-55)80-35-45-11-8-22-72(45)26-20-38-18-23-71(24-19-38)25-21-51(77)68-57(62(3,4)5)60(79)74-34-47(76)29-50(74)59(78)65-30-39-12-14-41(15-13-39)56-37(2)66-36-81-56/h7-15,22,27-28,31,36,38,43-44,47,50,57,67,75-76H,6,16-21,23-26,29-30,32-35H2,1-5H3,(H,65,78)(H,68,77)/t43-,44?,47+,50-,57+/m0/s1. The van der Waals surface area contributed by atoms with Crippen LogP contribution < -0.4 is 25.6 Å². The van der Waals surface area contributed by atoms with E-state index >= 15 is 4.39 Å². The monoisotopic (exact) mass is 1120 g/mol. The maximum absolute atomic E-state index is 17.2. The highest BCUT2D eigenvalue weighted by Gasteiger charge is 2.45. The number of halogens is 1. The molecule has 3 aromatic carbocycles. The Bertz CT molecular complexity index is 3420. The van der Waals surface area contributed by atoms with Crippen LogP contribution in [0.25, 0.3) is 43.4 Å². The minimum Gasteiger partial charge on any atom is -0.508 e. The van der Waals surface area contributed by atoms with Gasteiger partial charge in [-0.3, -0.25) is 19.4 Å². The van der Waals surface area contributed by atoms with Gasteiger partial charge >= 0.3 is 6.01 Å². The molecule has 8 heterocycles. The molecule has 3 amide bonds. The summed E-state index contributed by atoms with van der Waals surface area (Å²) in [7, 11) is 0. The minimum atomic E-state index is -0.894. The van der Waals surface area contributed by atoms with Crippen LogP contribution >= 0.6 is 11.3 Å². The van der Waals surface area contributed by atoms with Gasteiger partial charge in [0.15, 0.2) is 5.82 Å². The number of carbonyl (C=O) groups is 3. The molecule has 426 valence electrons. The van der Waals surface area contributed by atoms with Gasteiger partial charge in [-0.2, -0.15) is 9.97 Å². The number of ether oxygens (including phenoxy) is 1. The summed E-state index contributed by atoms with van der Waals surface area (Å²) >= 11 is 1.58. The van der Waals surface area contributed by atoms with E-state index in [2.05, 4.69) is 48.4 Å². The summed E-state index contributed by atoms with van der Waals surface area (Å²) in [6.45, 7) is 14.7. The van der Waals surface area contributed by atoms with Crippen LogP contribution in [0.15, 0.2) is 84.6 Å². The first-order chi connectivity index (χ1) is 39.1. The number of aromatic hydroxyl groups is 1. The number of benzene rings is 3. The Morgan fingerprint density at radius 2 is 1.73 bits per heavy atom. The van der Waals surface area contributed by atoms with Crippen LogP contribution in [0, 0.1) is 24.1 Å². The number of anilines is 1. The number of nitrogens with one attached hydrogen (secondary N) is 3. The molecule has 4 aliphatic heterocycles. The van der Waals surface area contributed by atoms with E-state index in [1.165, 1.54) is 4.90 Å². The summed E-state index contributed by atoms with van der Waals surface area (Å²) in [5.74, 6) is -0.433. The van der Waals surface area contributed by atoms with E-state index in [1.807, 2.05) is 87.8 Å². The molecular weight excluding hydrogens is 1050 g/mol. The smallest absolute Gasteiger partial charge is 0.319 e. The average molecular weight is 1120 g/mol. The Balaban J connectivity index is 0.682. The second-order valence-corrected chi connectivity index (χ2v) is 24.5. The zero-order chi connectivity index (χ0) is 56.5. The van der Waals surface area contributed by atoms with Crippen LogP contribution in [0.4, 0.5) is 10.2 Å². The number of aliphatic hydroxyl groups excluding tert-OH is 1. The van der Waals surface area contributed by atoms with Crippen molar-refractivity contribution < 1.29 is 33.7 Å². The Hall–Kier alpha value is -7.06. The number of aryl methyl sites for hydroxylation is 3. The first kappa shape index (κ1) is 55.8. The molecule has 4 fully saturated rings. The molecule has 5 N–H and O–H groups in total. The molecule has 19 heteroatoms. The molecule has 4 saturated heterocycles. The SMILES string of the molecule is CCc1cccc2cc(O)cc(-c3ncc4c(N5CC6CC[C@@H](C5)N6)nc(OCc5cccn5CCC5CCN(CCC(=O)N[C@H](C(=O)N6C[C@H](O)C[C@H]6C(=O)NCc6ccc(-c7scnc7C)cc6)C(C)(C)C)CC5)nc4c3F)c12. The number of phenols is 1. The second kappa shape index (κ2) is 23.8. The maximum atomic E-state index is 17.2. The van der Waals surface area contributed by atoms with Crippen LogP contribution in [0.2, 0.25) is 0 Å². The number of hydrogen-bond donors (Lipinski definition) is 5. The number of carbonyl (C=O) groups excluding carboxylic acids is 3. The Morgan fingerprint density at radius 3 is 2.46 bits per heavy atom. The molecule has 5 atom stereocenters. The number of aliphatic hydroxyl groups is 1. The van der Waals surface area contributed by atoms with E-state index in [4.69, 9.17) is 19.7 Å². The largest absolute Gasteiger partial charge is 0.508 e. The van der Waals surface area contributed by atoms with Crippen molar-refractivity contribution in [3.63, 3.8) is 0 Å². The number of hydrogen-bond acceptors (Lipinski definition) is 14. The number of aromatic nitrogens is 5. The first-order valence-electron chi connectivity index (χ1n) is 28.7. The number of β-amino-alcohol motifs (C(OH)–C–C–N with tert-alkyl or cyclic N) is 1. The van der Waals surface area contributed by atoms with Crippen molar-refractivity contribution in [1.29, 1.82) is 0 Å². The van der Waals surface area contributed by atoms with Gasteiger partial charge in [-0.15, -0.1) is 11.3 Å². The molecular formula is C62H74FN11O6S. The zero-order valence-electron chi connectivity index (χ0n) is 47.0. The van der Waals surface area contributed by atoms with Crippen molar-refractivity contribution in [3.8, 4) is 33.5 Å². The third-order valence-electron chi connectivity index (χ3n) is 17.0. The fourth-order valence-electron chi connectivity index (χ4n) is 12.5. The summed E-state index contributed by atoms with van der Waals surface area (Å²) in [5, 5.41) is 33.4. The number of pyridine rings is 1. The Morgan fingerprint density at radius 1 is 0.951 bits per heavy atom. The summed E-state index contributed by atoms with van der Waals surface area (Å²) < 4.78 is 25.8. The number of phenolic OH excluding ortho intramolecular Hbond substituents is 1. The van der Waals surface area contributed by atoms with Gasteiger partial charge in [0.1, 0.15) is 41.5 Å². The van der Waals surface area contributed by atoms with Crippen LogP contribution in [-0.2, 0) is 40.5 Å². The summed E-state index contributed by atoms with van der Waals surface area (Å²) in [6, 6.07) is 20.1. The van der Waals surface area contributed by atoms with Crippen molar-refractivity contribution in [2.24, 2.45) is 11.3 Å². The number of piperidine rings is 1. The summed E-state index contributed by atoms with van der Waals surface area (Å²) in [6.07, 6.45) is 9.00. The van der Waals surface area contributed by atoms with Crippen molar-refractivity contribution in [2.75, 3.05) is 44.2 Å². The second-order valence-electron chi connectivity index (χ2n) is 23.7. The molecule has 0 spiro atoms. The third kappa shape index (κ3) is 12.3. The molecule has 0 saturated carbocycles. The van der Waals surface area contributed by atoms with Gasteiger partial charge in [-0.1, -0.05) is 70.2 Å². The van der Waals surface area contributed by atoms with Crippen LogP contribution in [-0.4, -0.2) is 132 Å². The number of fused-ring (bicyclic) bond motifs is 4. The Labute approximate surface area is 476 Å². The number of rotatable bonds is 18. The fourth-order valence-corrected chi connectivity index (χ4v) is 13.3. The first-order valence-corrected chi connectivity index (χ1v) is 29.6. The Kier molecular flexibility index (Phi) is 16.4. The maximum Gasteiger partial charge on any atom is 0.319 e. The molecule has 11 rings (SSSR count). The normalized spacial score (nSPS) is 20.1. The van der Waals surface area contributed by atoms with E-state index in [-0.39, 0.29) is 73.2 Å². The van der Waals surface area contributed by atoms with Crippen molar-refractivity contribution >= 4 is 56.6 Å². The highest BCUT2D eigenvalue weighted by molar-refractivity contribution is 7.13. The van der Waals surface area contributed by atoms with Crippen molar-refractivity contribution in [1.82, 2.24) is 50.3 Å². The van der Waals surface area contributed by atoms with Gasteiger partial charge in [0, 0.05) is 82.2 Å². The van der Waals surface area contributed by atoms with E-state index in [0.717, 1.165) is 115 Å². The molecule has 81 heavy (non-hydrogen) atoms. The topological polar surface area (TPSA) is 203 Å². The van der Waals surface area contributed by atoms with Crippen molar-refractivity contribution in [2.45, 2.75) is 136 Å². The number of nitrogens with zero attached hydrogens (tertiary/aromatic N) is 8. The van der Waals surface area contributed by atoms with E-state index in [0.29, 0.717) is 41.3 Å². The molecule has 2 bridgehead atoms. The molecule has 4 aromatic heterocycles. The lowest BCUT2D eigenvalue weighted by atomic mass is 9.85. The minimum absolute atomic E-state index is 0.0130. The number of likely N-dealkylation sites (tertiary alicyclic amines) is 2. The van der Waals surface area contributed by atoms with Crippen LogP contribution in [0.3, 0.4) is 0 Å². The zero-order valence-corrected chi connectivity index (χ0v) is 47.8. The number of thiazole rings is 1. The van der Waals surface area contributed by atoms with Gasteiger partial charge in [-0.05, 0) is 122 Å². The highest BCUT2D eigenvalue weighted by Crippen LogP contribution is 2.40. The third-order valence-corrected chi connectivity index (χ3v) is 17.9. The highest BCUT2D eigenvalue weighted by atomic mass is 32.1. The fraction of sp³-hybridized carbons (Fsp3) is 0.468. The molecule has 1 unspecified atom stereocenters. The molecule has 0 radical (unpaired) electrons. The summed E-state index contributed by atoms with van der Waals surface area (Å²) in [5.41, 5.74) is 6.82. The lowest BCUT2D eigenvalue weighted by Crippen LogP contribution is -2.58. The number of piperazine rings is 1. The lowest BCUT2D eigenvalue weighted by molar-refractivity contribution is -0.144. The van der Waals surface area contributed by atoms with E-state index in [1.54, 1.807) is 29.7 Å². The predicted molar refractivity (Wildman–Crippen MR) is 312 cm³/mol. The van der Waals surface area contributed by atoms with Crippen LogP contribution in [0.5, 0.6) is 11.8 Å². The van der Waals surface area contributed by atoms with E-state index < -0.39 is 29.4 Å². The van der Waals surface area contributed by atoms with Gasteiger partial charge in [-0.25, -0.2) is 9.37 Å². The predicted octanol–water partition coefficient (Wildman–Crippen LogP) is 8.31. The quantitative estimate of drug-likeness (QED) is 0.0550. The molecule has 7 aromatic rings. The molecule has 17 nitrogen and oxygen atoms in total. The lowest BCUT2D eigenvalue weighted by Gasteiger charge is -2.36. The summed E-state index contributed by atoms with van der Waals surface area (Å²) in [4.78, 5) is 67.3. The number of amides is 3. The molecule has 4 aliphatic rings. The van der Waals surface area contributed by atoms with Gasteiger partial charge in [0.25, 0.3) is 0 Å². The van der Waals surface area contributed by atoms with Gasteiger partial charge in [0.05, 0.1) is 33.3 Å². The van der Waals surface area contributed by atoms with Crippen LogP contribution in [0.1, 0.15) is 95.2 Å².